The fourth-order valence-corrected chi connectivity index (χ4v) is 4.62. The first-order chi connectivity index (χ1) is 15.6. The van der Waals surface area contributed by atoms with Crippen molar-refractivity contribution in [3.8, 4) is 5.75 Å². The van der Waals surface area contributed by atoms with Gasteiger partial charge in [-0.1, -0.05) is 43.5 Å². The number of nitrogens with zero attached hydrogens (tertiary/aromatic N) is 2. The number of imidazole rings is 1. The van der Waals surface area contributed by atoms with E-state index in [0.717, 1.165) is 54.8 Å². The number of nitrogens with one attached hydrogen (secondary N) is 1. The Morgan fingerprint density at radius 1 is 1.06 bits per heavy atom. The zero-order valence-electron chi connectivity index (χ0n) is 19.4. The van der Waals surface area contributed by atoms with Crippen molar-refractivity contribution in [1.82, 2.24) is 14.9 Å². The molecular weight excluding hydrogens is 398 g/mol. The first kappa shape index (κ1) is 22.4. The van der Waals surface area contributed by atoms with Crippen molar-refractivity contribution in [3.63, 3.8) is 0 Å². The maximum absolute atomic E-state index is 12.6. The van der Waals surface area contributed by atoms with Gasteiger partial charge in [0, 0.05) is 12.5 Å². The molecule has 1 fully saturated rings. The monoisotopic (exact) mass is 433 g/mol. The van der Waals surface area contributed by atoms with Crippen molar-refractivity contribution < 1.29 is 9.53 Å². The molecule has 170 valence electrons. The third kappa shape index (κ3) is 5.32. The van der Waals surface area contributed by atoms with Crippen LogP contribution in [0.2, 0.25) is 0 Å². The largest absolute Gasteiger partial charge is 0.493 e. The standard InChI is InChI=1S/C27H35N3O2/c1-20-11-10-16-25(21(20)2)32-18-9-8-17-30-24-15-7-6-14-23(24)29-26(30)19-28-27(31)22-12-4-3-5-13-22/h6-7,10-11,14-16,22H,3-5,8-9,12-13,17-19H2,1-2H3,(H,28,31). The molecule has 1 amide bonds. The smallest absolute Gasteiger partial charge is 0.223 e. The van der Waals surface area contributed by atoms with Crippen LogP contribution >= 0.6 is 0 Å². The topological polar surface area (TPSA) is 56.1 Å². The molecule has 1 saturated carbocycles. The maximum atomic E-state index is 12.6. The zero-order valence-corrected chi connectivity index (χ0v) is 19.4. The number of hydrogen-bond donors (Lipinski definition) is 1. The van der Waals surface area contributed by atoms with Crippen molar-refractivity contribution in [1.29, 1.82) is 0 Å². The lowest BCUT2D eigenvalue weighted by Crippen LogP contribution is -2.32. The summed E-state index contributed by atoms with van der Waals surface area (Å²) in [4.78, 5) is 17.4. The van der Waals surface area contributed by atoms with Gasteiger partial charge in [0.15, 0.2) is 0 Å². The third-order valence-corrected chi connectivity index (χ3v) is 6.72. The Kier molecular flexibility index (Phi) is 7.46. The second-order valence-electron chi connectivity index (χ2n) is 8.97. The molecule has 0 saturated heterocycles. The van der Waals surface area contributed by atoms with E-state index < -0.39 is 0 Å². The van der Waals surface area contributed by atoms with Crippen LogP contribution in [0.3, 0.4) is 0 Å². The summed E-state index contributed by atoms with van der Waals surface area (Å²) in [6, 6.07) is 14.4. The van der Waals surface area contributed by atoms with Crippen LogP contribution in [-0.4, -0.2) is 22.1 Å². The number of amides is 1. The molecule has 0 atom stereocenters. The van der Waals surface area contributed by atoms with Crippen LogP contribution in [0, 0.1) is 19.8 Å². The molecule has 1 heterocycles. The second kappa shape index (κ2) is 10.7. The summed E-state index contributed by atoms with van der Waals surface area (Å²) < 4.78 is 8.28. The SMILES string of the molecule is Cc1cccc(OCCCCn2c(CNC(=O)C3CCCCC3)nc3ccccc32)c1C. The lowest BCUT2D eigenvalue weighted by molar-refractivity contribution is -0.126. The molecular formula is C27H35N3O2. The molecule has 1 aliphatic carbocycles. The minimum atomic E-state index is 0.170. The molecule has 1 N–H and O–H groups in total. The van der Waals surface area contributed by atoms with E-state index in [0.29, 0.717) is 13.2 Å². The molecule has 2 aromatic carbocycles. The number of carbonyl (C=O) groups excluding carboxylic acids is 1. The molecule has 1 aromatic heterocycles. The van der Waals surface area contributed by atoms with Crippen LogP contribution in [0.4, 0.5) is 0 Å². The van der Waals surface area contributed by atoms with E-state index in [1.807, 2.05) is 24.3 Å². The van der Waals surface area contributed by atoms with Gasteiger partial charge in [0.05, 0.1) is 24.2 Å². The Hall–Kier alpha value is -2.82. The van der Waals surface area contributed by atoms with Gasteiger partial charge in [-0.3, -0.25) is 4.79 Å². The Labute approximate surface area is 191 Å². The number of benzene rings is 2. The van der Waals surface area contributed by atoms with E-state index in [1.165, 1.54) is 30.4 Å². The zero-order chi connectivity index (χ0) is 22.3. The Morgan fingerprint density at radius 3 is 2.72 bits per heavy atom. The molecule has 0 aliphatic heterocycles. The van der Waals surface area contributed by atoms with Crippen molar-refractivity contribution in [2.45, 2.75) is 71.9 Å². The Bertz CT molecular complexity index is 1050. The van der Waals surface area contributed by atoms with Gasteiger partial charge in [0.1, 0.15) is 11.6 Å². The number of aromatic nitrogens is 2. The predicted molar refractivity (Wildman–Crippen MR) is 129 cm³/mol. The lowest BCUT2D eigenvalue weighted by atomic mass is 9.89. The molecule has 0 spiro atoms. The number of carbonyl (C=O) groups is 1. The first-order valence-electron chi connectivity index (χ1n) is 12.0. The molecule has 5 heteroatoms. The molecule has 1 aliphatic rings. The number of fused-ring (bicyclic) bond motifs is 1. The van der Waals surface area contributed by atoms with Gasteiger partial charge in [0.25, 0.3) is 0 Å². The molecule has 3 aromatic rings. The summed E-state index contributed by atoms with van der Waals surface area (Å²) in [5, 5.41) is 3.16. The summed E-state index contributed by atoms with van der Waals surface area (Å²) in [5.74, 6) is 2.27. The lowest BCUT2D eigenvalue weighted by Gasteiger charge is -2.20. The van der Waals surface area contributed by atoms with Gasteiger partial charge in [-0.15, -0.1) is 0 Å². The fourth-order valence-electron chi connectivity index (χ4n) is 4.62. The molecule has 5 nitrogen and oxygen atoms in total. The van der Waals surface area contributed by atoms with Crippen LogP contribution in [0.1, 0.15) is 61.9 Å². The second-order valence-corrected chi connectivity index (χ2v) is 8.97. The molecule has 0 unspecified atom stereocenters. The van der Waals surface area contributed by atoms with Gasteiger partial charge < -0.3 is 14.6 Å². The van der Waals surface area contributed by atoms with Crippen LogP contribution < -0.4 is 10.1 Å². The van der Waals surface area contributed by atoms with Crippen molar-refractivity contribution in [2.75, 3.05) is 6.61 Å². The van der Waals surface area contributed by atoms with E-state index in [4.69, 9.17) is 9.72 Å². The van der Waals surface area contributed by atoms with Gasteiger partial charge in [-0.25, -0.2) is 4.98 Å². The van der Waals surface area contributed by atoms with E-state index in [1.54, 1.807) is 0 Å². The fraction of sp³-hybridized carbons (Fsp3) is 0.481. The molecule has 4 rings (SSSR count). The van der Waals surface area contributed by atoms with Crippen LogP contribution in [0.15, 0.2) is 42.5 Å². The van der Waals surface area contributed by atoms with Crippen molar-refractivity contribution in [2.24, 2.45) is 5.92 Å². The summed E-state index contributed by atoms with van der Waals surface area (Å²) in [6.07, 6.45) is 7.59. The molecule has 0 bridgehead atoms. The highest BCUT2D eigenvalue weighted by molar-refractivity contribution is 5.79. The third-order valence-electron chi connectivity index (χ3n) is 6.72. The summed E-state index contributed by atoms with van der Waals surface area (Å²) >= 11 is 0. The Morgan fingerprint density at radius 2 is 1.88 bits per heavy atom. The maximum Gasteiger partial charge on any atom is 0.223 e. The van der Waals surface area contributed by atoms with E-state index in [2.05, 4.69) is 41.9 Å². The first-order valence-corrected chi connectivity index (χ1v) is 12.0. The highest BCUT2D eigenvalue weighted by Crippen LogP contribution is 2.24. The minimum Gasteiger partial charge on any atom is -0.493 e. The normalized spacial score (nSPS) is 14.6. The summed E-state index contributed by atoms with van der Waals surface area (Å²) in [7, 11) is 0. The van der Waals surface area contributed by atoms with Gasteiger partial charge in [-0.05, 0) is 68.9 Å². The number of unbranched alkanes of at least 4 members (excludes halogenated alkanes) is 1. The van der Waals surface area contributed by atoms with Gasteiger partial charge in [0.2, 0.25) is 5.91 Å². The highest BCUT2D eigenvalue weighted by Gasteiger charge is 2.21. The van der Waals surface area contributed by atoms with Crippen LogP contribution in [0.25, 0.3) is 11.0 Å². The Balaban J connectivity index is 1.34. The number of aryl methyl sites for hydroxylation is 2. The molecule has 32 heavy (non-hydrogen) atoms. The van der Waals surface area contributed by atoms with Crippen molar-refractivity contribution >= 4 is 16.9 Å². The van der Waals surface area contributed by atoms with Gasteiger partial charge in [-0.2, -0.15) is 0 Å². The number of para-hydroxylation sites is 2. The average molecular weight is 434 g/mol. The highest BCUT2D eigenvalue weighted by atomic mass is 16.5. The molecule has 0 radical (unpaired) electrons. The predicted octanol–water partition coefficient (Wildman–Crippen LogP) is 5.71. The minimum absolute atomic E-state index is 0.170. The van der Waals surface area contributed by atoms with E-state index in [-0.39, 0.29) is 11.8 Å². The number of rotatable bonds is 9. The summed E-state index contributed by atoms with van der Waals surface area (Å²) in [6.45, 7) is 6.27. The quantitative estimate of drug-likeness (QED) is 0.440. The van der Waals surface area contributed by atoms with E-state index >= 15 is 0 Å². The number of ether oxygens (including phenoxy) is 1. The van der Waals surface area contributed by atoms with Crippen LogP contribution in [0.5, 0.6) is 5.75 Å². The summed E-state index contributed by atoms with van der Waals surface area (Å²) in [5.41, 5.74) is 4.59. The van der Waals surface area contributed by atoms with E-state index in [9.17, 15) is 4.79 Å². The van der Waals surface area contributed by atoms with Gasteiger partial charge >= 0.3 is 0 Å². The van der Waals surface area contributed by atoms with Crippen LogP contribution in [-0.2, 0) is 17.9 Å². The average Bonchev–Trinajstić information content (AvgIpc) is 3.18. The number of hydrogen-bond acceptors (Lipinski definition) is 3. The van der Waals surface area contributed by atoms with Crippen molar-refractivity contribution in [3.05, 3.63) is 59.4 Å².